The van der Waals surface area contributed by atoms with Gasteiger partial charge in [0.1, 0.15) is 29.2 Å². The van der Waals surface area contributed by atoms with Gasteiger partial charge in [-0.1, -0.05) is 38.1 Å². The molecule has 9 heteroatoms. The van der Waals surface area contributed by atoms with Gasteiger partial charge < -0.3 is 14.9 Å². The minimum Gasteiger partial charge on any atom is -0.507 e. The summed E-state index contributed by atoms with van der Waals surface area (Å²) >= 11 is 6.42. The van der Waals surface area contributed by atoms with Crippen molar-refractivity contribution in [2.75, 3.05) is 24.5 Å². The second kappa shape index (κ2) is 8.94. The van der Waals surface area contributed by atoms with Crippen molar-refractivity contribution in [3.05, 3.63) is 59.9 Å². The van der Waals surface area contributed by atoms with E-state index in [1.54, 1.807) is 4.90 Å². The number of halogens is 3. The van der Waals surface area contributed by atoms with Crippen LogP contribution in [-0.2, 0) is 4.79 Å². The lowest BCUT2D eigenvalue weighted by molar-refractivity contribution is -0.127. The molecule has 1 amide bonds. The molecule has 172 valence electrons. The number of rotatable bonds is 4. The van der Waals surface area contributed by atoms with Crippen molar-refractivity contribution in [1.29, 1.82) is 0 Å². The number of hydrogen-bond donors (Lipinski definition) is 1. The lowest BCUT2D eigenvalue weighted by Crippen LogP contribution is -2.56. The molecule has 0 spiro atoms. The maximum atomic E-state index is 15.7. The largest absolute Gasteiger partial charge is 0.507 e. The summed E-state index contributed by atoms with van der Waals surface area (Å²) in [5, 5.41) is 10.5. The van der Waals surface area contributed by atoms with Crippen LogP contribution in [-0.4, -0.2) is 51.6 Å². The van der Waals surface area contributed by atoms with Gasteiger partial charge in [-0.25, -0.2) is 18.7 Å². The van der Waals surface area contributed by atoms with Crippen LogP contribution in [0.5, 0.6) is 5.75 Å². The fourth-order valence-corrected chi connectivity index (χ4v) is 4.59. The van der Waals surface area contributed by atoms with E-state index in [0.717, 1.165) is 6.07 Å². The molecule has 1 fully saturated rings. The predicted molar refractivity (Wildman–Crippen MR) is 124 cm³/mol. The summed E-state index contributed by atoms with van der Waals surface area (Å²) < 4.78 is 30.1. The summed E-state index contributed by atoms with van der Waals surface area (Å²) in [6.07, 6.45) is 2.54. The number of nitrogens with zero attached hydrogens (tertiary/aromatic N) is 4. The van der Waals surface area contributed by atoms with E-state index in [9.17, 15) is 14.3 Å². The Bertz CT molecular complexity index is 1230. The van der Waals surface area contributed by atoms with Crippen LogP contribution < -0.4 is 4.90 Å². The Labute approximate surface area is 195 Å². The third-order valence-corrected chi connectivity index (χ3v) is 6.29. The number of phenols is 1. The molecular weight excluding hydrogens is 450 g/mol. The quantitative estimate of drug-likeness (QED) is 0.553. The maximum absolute atomic E-state index is 15.7. The maximum Gasteiger partial charge on any atom is 0.246 e. The molecule has 0 radical (unpaired) electrons. The van der Waals surface area contributed by atoms with Crippen LogP contribution in [0.3, 0.4) is 0 Å². The van der Waals surface area contributed by atoms with Crippen molar-refractivity contribution < 1.29 is 18.7 Å². The smallest absolute Gasteiger partial charge is 0.246 e. The highest BCUT2D eigenvalue weighted by molar-refractivity contribution is 6.34. The SMILES string of the molecule is C=CC(=O)N1CCN(c2ncnc3c(F)c(-c4c(O)cccc4F)c(Cl)cc23)[C@@H](C(C)C)C1. The number of amides is 1. The Kier molecular flexibility index (Phi) is 6.21. The van der Waals surface area contributed by atoms with Gasteiger partial charge in [0.05, 0.1) is 16.6 Å². The second-order valence-corrected chi connectivity index (χ2v) is 8.68. The van der Waals surface area contributed by atoms with E-state index in [0.29, 0.717) is 30.8 Å². The van der Waals surface area contributed by atoms with Gasteiger partial charge in [0.15, 0.2) is 5.82 Å². The third kappa shape index (κ3) is 3.99. The van der Waals surface area contributed by atoms with Crippen LogP contribution in [0.25, 0.3) is 22.0 Å². The molecule has 1 atom stereocenters. The number of aromatic hydroxyl groups is 1. The lowest BCUT2D eigenvalue weighted by atomic mass is 9.97. The van der Waals surface area contributed by atoms with Crippen molar-refractivity contribution in [3.63, 3.8) is 0 Å². The molecule has 2 heterocycles. The number of piperazine rings is 1. The summed E-state index contributed by atoms with van der Waals surface area (Å²) in [7, 11) is 0. The van der Waals surface area contributed by atoms with Crippen LogP contribution in [0.1, 0.15) is 13.8 Å². The standard InChI is InChI=1S/C24H23ClF2N4O2/c1-4-19(33)30-8-9-31(17(11-30)13(2)3)24-14-10-15(25)20(22(27)23(14)28-12-29-24)21-16(26)6-5-7-18(21)32/h4-7,10,12-13,17,32H,1,8-9,11H2,2-3H3/t17-/m1/s1. The first-order chi connectivity index (χ1) is 15.7. The number of phenolic OH excluding ortho intramolecular Hbond substituents is 1. The molecule has 6 nitrogen and oxygen atoms in total. The predicted octanol–water partition coefficient (Wildman–Crippen LogP) is 4.79. The van der Waals surface area contributed by atoms with E-state index in [-0.39, 0.29) is 39.5 Å². The highest BCUT2D eigenvalue weighted by atomic mass is 35.5. The molecule has 1 aromatic heterocycles. The third-order valence-electron chi connectivity index (χ3n) is 5.99. The van der Waals surface area contributed by atoms with E-state index in [2.05, 4.69) is 16.5 Å². The summed E-state index contributed by atoms with van der Waals surface area (Å²) in [4.78, 5) is 24.4. The first kappa shape index (κ1) is 22.9. The first-order valence-electron chi connectivity index (χ1n) is 10.5. The second-order valence-electron chi connectivity index (χ2n) is 8.27. The molecule has 0 bridgehead atoms. The van der Waals surface area contributed by atoms with Crippen LogP contribution >= 0.6 is 11.6 Å². The average molecular weight is 473 g/mol. The van der Waals surface area contributed by atoms with Crippen LogP contribution in [0.2, 0.25) is 5.02 Å². The molecule has 1 N–H and O–H groups in total. The fraction of sp³-hybridized carbons (Fsp3) is 0.292. The summed E-state index contributed by atoms with van der Waals surface area (Å²) in [5.74, 6) is -1.57. The molecule has 0 saturated carbocycles. The summed E-state index contributed by atoms with van der Waals surface area (Å²) in [6.45, 7) is 9.03. The minimum absolute atomic E-state index is 0.0332. The minimum atomic E-state index is -0.844. The number of carbonyl (C=O) groups is 1. The fourth-order valence-electron chi connectivity index (χ4n) is 4.31. The number of carbonyl (C=O) groups excluding carboxylic acids is 1. The zero-order chi connectivity index (χ0) is 23.9. The number of anilines is 1. The van der Waals surface area contributed by atoms with Crippen LogP contribution in [0.15, 0.2) is 43.2 Å². The number of hydrogen-bond acceptors (Lipinski definition) is 5. The van der Waals surface area contributed by atoms with Crippen molar-refractivity contribution in [1.82, 2.24) is 14.9 Å². The normalized spacial score (nSPS) is 16.5. The molecule has 0 aliphatic carbocycles. The van der Waals surface area contributed by atoms with Crippen LogP contribution in [0, 0.1) is 17.6 Å². The zero-order valence-corrected chi connectivity index (χ0v) is 19.0. The Morgan fingerprint density at radius 3 is 2.70 bits per heavy atom. The average Bonchev–Trinajstić information content (AvgIpc) is 2.79. The van der Waals surface area contributed by atoms with Gasteiger partial charge >= 0.3 is 0 Å². The number of benzene rings is 2. The Morgan fingerprint density at radius 2 is 2.03 bits per heavy atom. The highest BCUT2D eigenvalue weighted by Crippen LogP contribution is 2.42. The van der Waals surface area contributed by atoms with Gasteiger partial charge in [0.2, 0.25) is 5.91 Å². The zero-order valence-electron chi connectivity index (χ0n) is 18.2. The molecule has 1 aliphatic heterocycles. The van der Waals surface area contributed by atoms with E-state index in [4.69, 9.17) is 11.6 Å². The topological polar surface area (TPSA) is 69.6 Å². The monoisotopic (exact) mass is 472 g/mol. The van der Waals surface area contributed by atoms with Gasteiger partial charge in [-0.2, -0.15) is 0 Å². The Hall–Kier alpha value is -3.26. The molecule has 4 rings (SSSR count). The summed E-state index contributed by atoms with van der Waals surface area (Å²) in [5.41, 5.74) is -0.612. The van der Waals surface area contributed by atoms with Gasteiger partial charge in [0.25, 0.3) is 0 Å². The van der Waals surface area contributed by atoms with Gasteiger partial charge in [-0.3, -0.25) is 4.79 Å². The van der Waals surface area contributed by atoms with E-state index in [1.165, 1.54) is 30.6 Å². The highest BCUT2D eigenvalue weighted by Gasteiger charge is 2.33. The lowest BCUT2D eigenvalue weighted by Gasteiger charge is -2.44. The molecule has 1 saturated heterocycles. The van der Waals surface area contributed by atoms with Gasteiger partial charge in [0, 0.05) is 30.6 Å². The van der Waals surface area contributed by atoms with Crippen LogP contribution in [0.4, 0.5) is 14.6 Å². The van der Waals surface area contributed by atoms with E-state index in [1.807, 2.05) is 18.7 Å². The molecule has 2 aromatic carbocycles. The molecular formula is C24H23ClF2N4O2. The van der Waals surface area contributed by atoms with Crippen molar-refractivity contribution in [2.24, 2.45) is 5.92 Å². The molecule has 33 heavy (non-hydrogen) atoms. The van der Waals surface area contributed by atoms with Crippen molar-refractivity contribution in [3.8, 4) is 16.9 Å². The summed E-state index contributed by atoms with van der Waals surface area (Å²) in [6, 6.07) is 5.12. The molecule has 0 unspecified atom stereocenters. The molecule has 3 aromatic rings. The van der Waals surface area contributed by atoms with Crippen molar-refractivity contribution in [2.45, 2.75) is 19.9 Å². The Balaban J connectivity index is 1.86. The van der Waals surface area contributed by atoms with E-state index < -0.39 is 17.4 Å². The first-order valence-corrected chi connectivity index (χ1v) is 10.9. The molecule has 1 aliphatic rings. The van der Waals surface area contributed by atoms with E-state index >= 15 is 4.39 Å². The number of aromatic nitrogens is 2. The van der Waals surface area contributed by atoms with Gasteiger partial charge in [-0.15, -0.1) is 0 Å². The number of fused-ring (bicyclic) bond motifs is 1. The van der Waals surface area contributed by atoms with Crippen molar-refractivity contribution >= 4 is 34.2 Å². The Morgan fingerprint density at radius 1 is 1.27 bits per heavy atom. The van der Waals surface area contributed by atoms with Gasteiger partial charge in [-0.05, 0) is 30.2 Å².